The van der Waals surface area contributed by atoms with E-state index in [1.54, 1.807) is 42.4 Å². The van der Waals surface area contributed by atoms with E-state index in [0.29, 0.717) is 0 Å². The van der Waals surface area contributed by atoms with E-state index in [4.69, 9.17) is 9.31 Å². The zero-order valence-electron chi connectivity index (χ0n) is 16.2. The van der Waals surface area contributed by atoms with Crippen LogP contribution in [0.1, 0.15) is 33.3 Å². The van der Waals surface area contributed by atoms with E-state index >= 15 is 0 Å². The van der Waals surface area contributed by atoms with Crippen LogP contribution in [0.4, 0.5) is 0 Å². The van der Waals surface area contributed by atoms with Gasteiger partial charge in [-0.05, 0) is 46.8 Å². The molecule has 142 valence electrons. The van der Waals surface area contributed by atoms with Gasteiger partial charge in [-0.3, -0.25) is 0 Å². The first-order valence-corrected chi connectivity index (χ1v) is 10.1. The third kappa shape index (κ3) is 4.46. The lowest BCUT2D eigenvalue weighted by Gasteiger charge is -2.32. The molecule has 0 aliphatic carbocycles. The van der Waals surface area contributed by atoms with Gasteiger partial charge in [-0.25, -0.2) is 8.42 Å². The Morgan fingerprint density at radius 1 is 1.08 bits per heavy atom. The predicted octanol–water partition coefficient (Wildman–Crippen LogP) is 3.36. The van der Waals surface area contributed by atoms with Crippen molar-refractivity contribution < 1.29 is 17.7 Å². The molecule has 1 heterocycles. The molecule has 1 aromatic carbocycles. The van der Waals surface area contributed by atoms with Gasteiger partial charge >= 0.3 is 7.12 Å². The highest BCUT2D eigenvalue weighted by atomic mass is 32.2. The zero-order valence-corrected chi connectivity index (χ0v) is 17.0. The molecule has 0 spiro atoms. The molecule has 2 rings (SSSR count). The second kappa shape index (κ2) is 7.68. The highest BCUT2D eigenvalue weighted by Crippen LogP contribution is 2.36. The van der Waals surface area contributed by atoms with Crippen molar-refractivity contribution in [2.75, 3.05) is 13.1 Å². The second-order valence-corrected chi connectivity index (χ2v) is 9.41. The molecule has 1 saturated heterocycles. The summed E-state index contributed by atoms with van der Waals surface area (Å²) in [5, 5.41) is 0. The molecule has 7 heteroatoms. The molecule has 0 atom stereocenters. The molecule has 26 heavy (non-hydrogen) atoms. The van der Waals surface area contributed by atoms with E-state index in [2.05, 4.69) is 6.58 Å². The van der Waals surface area contributed by atoms with Crippen molar-refractivity contribution in [3.63, 3.8) is 0 Å². The summed E-state index contributed by atoms with van der Waals surface area (Å²) in [7, 11) is -4.09. The number of hydrogen-bond donors (Lipinski definition) is 0. The van der Waals surface area contributed by atoms with Crippen LogP contribution in [0.3, 0.4) is 0 Å². The standard InChI is InChI=1S/C19H28BNO4S/c1-7-14-21(26(22,23)17-11-9-16(2)10-12-17)15-8-13-20-24-18(3,4)19(5,6)25-20/h7-13H,1,14-15H2,2-6H3/b13-8+. The SMILES string of the molecule is C=CCN(C/C=C/B1OC(C)(C)C(C)(C)O1)S(=O)(=O)c1ccc(C)cc1. The molecule has 1 aliphatic heterocycles. The fourth-order valence-corrected chi connectivity index (χ4v) is 3.89. The number of rotatable bonds is 7. The van der Waals surface area contributed by atoms with Crippen LogP contribution in [-0.2, 0) is 19.3 Å². The minimum Gasteiger partial charge on any atom is -0.400 e. The van der Waals surface area contributed by atoms with Gasteiger partial charge < -0.3 is 9.31 Å². The molecule has 0 N–H and O–H groups in total. The molecule has 1 fully saturated rings. The summed E-state index contributed by atoms with van der Waals surface area (Å²) in [5.41, 5.74) is 0.174. The monoisotopic (exact) mass is 377 g/mol. The van der Waals surface area contributed by atoms with Crippen molar-refractivity contribution in [2.24, 2.45) is 0 Å². The van der Waals surface area contributed by atoms with Crippen LogP contribution in [0.5, 0.6) is 0 Å². The minimum absolute atomic E-state index is 0.215. The smallest absolute Gasteiger partial charge is 0.400 e. The number of sulfonamides is 1. The van der Waals surface area contributed by atoms with Gasteiger partial charge in [0, 0.05) is 13.1 Å². The Hall–Kier alpha value is -1.41. The van der Waals surface area contributed by atoms with Gasteiger partial charge in [-0.15, -0.1) is 6.58 Å². The van der Waals surface area contributed by atoms with E-state index in [1.807, 2.05) is 34.6 Å². The highest BCUT2D eigenvalue weighted by molar-refractivity contribution is 7.89. The Morgan fingerprint density at radius 2 is 1.62 bits per heavy atom. The lowest BCUT2D eigenvalue weighted by molar-refractivity contribution is 0.00578. The Labute approximate surface area is 157 Å². The molecule has 0 aromatic heterocycles. The fraction of sp³-hybridized carbons (Fsp3) is 0.474. The molecule has 1 aliphatic rings. The first-order chi connectivity index (χ1) is 12.0. The van der Waals surface area contributed by atoms with Crippen LogP contribution in [0.15, 0.2) is 53.9 Å². The summed E-state index contributed by atoms with van der Waals surface area (Å²) < 4.78 is 38.8. The number of aryl methyl sites for hydroxylation is 1. The molecule has 0 unspecified atom stereocenters. The molecule has 0 amide bonds. The van der Waals surface area contributed by atoms with Crippen molar-refractivity contribution >= 4 is 17.1 Å². The number of benzene rings is 1. The van der Waals surface area contributed by atoms with Crippen molar-refractivity contribution in [1.29, 1.82) is 0 Å². The lowest BCUT2D eigenvalue weighted by atomic mass is 9.90. The molecular formula is C19H28BNO4S. The van der Waals surface area contributed by atoms with Gasteiger partial charge in [0.1, 0.15) is 0 Å². The van der Waals surface area contributed by atoms with Crippen molar-refractivity contribution in [1.82, 2.24) is 4.31 Å². The van der Waals surface area contributed by atoms with Crippen LogP contribution in [0.2, 0.25) is 0 Å². The van der Waals surface area contributed by atoms with Gasteiger partial charge in [0.15, 0.2) is 0 Å². The molecular weight excluding hydrogens is 349 g/mol. The summed E-state index contributed by atoms with van der Waals surface area (Å²) in [6, 6.07) is 6.83. The van der Waals surface area contributed by atoms with Crippen molar-refractivity contribution in [3.8, 4) is 0 Å². The Kier molecular flexibility index (Phi) is 6.18. The van der Waals surface area contributed by atoms with Gasteiger partial charge in [0.2, 0.25) is 10.0 Å². The second-order valence-electron chi connectivity index (χ2n) is 7.48. The Balaban J connectivity index is 2.11. The molecule has 0 bridgehead atoms. The zero-order chi connectivity index (χ0) is 19.6. The average molecular weight is 377 g/mol. The van der Waals surface area contributed by atoms with Gasteiger partial charge in [-0.1, -0.05) is 35.8 Å². The Morgan fingerprint density at radius 3 is 2.12 bits per heavy atom. The predicted molar refractivity (Wildman–Crippen MR) is 105 cm³/mol. The number of hydrogen-bond acceptors (Lipinski definition) is 4. The lowest BCUT2D eigenvalue weighted by Crippen LogP contribution is -2.41. The maximum atomic E-state index is 12.8. The summed E-state index contributed by atoms with van der Waals surface area (Å²) >= 11 is 0. The van der Waals surface area contributed by atoms with Gasteiger partial charge in [0.05, 0.1) is 16.1 Å². The summed E-state index contributed by atoms with van der Waals surface area (Å²) in [6.45, 7) is 13.9. The quantitative estimate of drug-likeness (QED) is 0.540. The van der Waals surface area contributed by atoms with Crippen LogP contribution in [-0.4, -0.2) is 44.1 Å². The van der Waals surface area contributed by atoms with E-state index in [-0.39, 0.29) is 18.0 Å². The van der Waals surface area contributed by atoms with Crippen molar-refractivity contribution in [2.45, 2.75) is 50.7 Å². The van der Waals surface area contributed by atoms with Crippen LogP contribution in [0.25, 0.3) is 0 Å². The molecule has 0 radical (unpaired) electrons. The summed E-state index contributed by atoms with van der Waals surface area (Å²) in [4.78, 5) is 0.272. The molecule has 0 saturated carbocycles. The Bertz CT molecular complexity index is 753. The van der Waals surface area contributed by atoms with Crippen molar-refractivity contribution in [3.05, 3.63) is 54.5 Å². The largest absolute Gasteiger partial charge is 0.486 e. The molecule has 5 nitrogen and oxygen atoms in total. The molecule has 1 aromatic rings. The maximum absolute atomic E-state index is 12.8. The van der Waals surface area contributed by atoms with Crippen LogP contribution >= 0.6 is 0 Å². The normalized spacial score (nSPS) is 19.4. The number of nitrogens with zero attached hydrogens (tertiary/aromatic N) is 1. The maximum Gasteiger partial charge on any atom is 0.486 e. The van der Waals surface area contributed by atoms with Crippen LogP contribution in [0, 0.1) is 6.92 Å². The van der Waals surface area contributed by atoms with E-state index in [9.17, 15) is 8.42 Å². The van der Waals surface area contributed by atoms with Crippen LogP contribution < -0.4 is 0 Å². The summed E-state index contributed by atoms with van der Waals surface area (Å²) in [6.07, 6.45) is 3.34. The fourth-order valence-electron chi connectivity index (χ4n) is 2.53. The first-order valence-electron chi connectivity index (χ1n) is 8.69. The van der Waals surface area contributed by atoms with E-state index < -0.39 is 28.3 Å². The average Bonchev–Trinajstić information content (AvgIpc) is 2.74. The topological polar surface area (TPSA) is 55.8 Å². The highest BCUT2D eigenvalue weighted by Gasteiger charge is 2.50. The first kappa shape index (κ1) is 20.9. The minimum atomic E-state index is -3.59. The van der Waals surface area contributed by atoms with Gasteiger partial charge in [0.25, 0.3) is 0 Å². The van der Waals surface area contributed by atoms with Gasteiger partial charge in [-0.2, -0.15) is 4.31 Å². The van der Waals surface area contributed by atoms with E-state index in [1.165, 1.54) is 4.31 Å². The summed E-state index contributed by atoms with van der Waals surface area (Å²) in [5.74, 6) is 1.76. The third-order valence-corrected chi connectivity index (χ3v) is 6.71. The van der Waals surface area contributed by atoms with E-state index in [0.717, 1.165) is 5.56 Å². The third-order valence-electron chi connectivity index (χ3n) is 4.87.